The van der Waals surface area contributed by atoms with Crippen LogP contribution in [-0.4, -0.2) is 51.9 Å². The fourth-order valence-corrected chi connectivity index (χ4v) is 10.7. The number of carbonyl (C=O) groups is 1. The van der Waals surface area contributed by atoms with E-state index in [1.807, 2.05) is 36.4 Å². The monoisotopic (exact) mass is 620 g/mol. The zero-order chi connectivity index (χ0) is 32.2. The van der Waals surface area contributed by atoms with E-state index in [1.54, 1.807) is 7.11 Å². The highest BCUT2D eigenvalue weighted by Gasteiger charge is 2.50. The largest absolute Gasteiger partial charge is 0.497 e. The molecule has 0 fully saturated rings. The van der Waals surface area contributed by atoms with Crippen molar-refractivity contribution in [3.63, 3.8) is 0 Å². The average Bonchev–Trinajstić information content (AvgIpc) is 3.01. The van der Waals surface area contributed by atoms with Gasteiger partial charge in [0.25, 0.3) is 8.32 Å². The fourth-order valence-electron chi connectivity index (χ4n) is 6.00. The van der Waals surface area contributed by atoms with Gasteiger partial charge in [-0.05, 0) is 58.3 Å². The minimum atomic E-state index is -2.72. The second kappa shape index (κ2) is 16.9. The predicted octanol–water partition coefficient (Wildman–Crippen LogP) is 6.52. The topological polar surface area (TPSA) is 74.2 Å². The van der Waals surface area contributed by atoms with Crippen molar-refractivity contribution < 1.29 is 28.5 Å². The van der Waals surface area contributed by atoms with Gasteiger partial charge in [-0.1, -0.05) is 107 Å². The van der Waals surface area contributed by atoms with Crippen LogP contribution in [0.2, 0.25) is 5.04 Å². The van der Waals surface area contributed by atoms with Crippen LogP contribution >= 0.6 is 0 Å². The lowest BCUT2D eigenvalue weighted by atomic mass is 9.91. The molecular weight excluding hydrogens is 568 g/mol. The average molecular weight is 621 g/mol. The van der Waals surface area contributed by atoms with Crippen LogP contribution in [0.5, 0.6) is 5.75 Å². The second-order valence-electron chi connectivity index (χ2n) is 12.9. The van der Waals surface area contributed by atoms with Crippen LogP contribution in [0.25, 0.3) is 0 Å². The number of methoxy groups -OCH3 is 1. The van der Waals surface area contributed by atoms with Crippen molar-refractivity contribution >= 4 is 24.7 Å². The minimum absolute atomic E-state index is 0.0238. The number of ether oxygens (including phenoxy) is 3. The molecule has 0 unspecified atom stereocenters. The summed E-state index contributed by atoms with van der Waals surface area (Å²) in [4.78, 5) is 12.2. The Kier molecular flexibility index (Phi) is 13.7. The molecule has 0 amide bonds. The van der Waals surface area contributed by atoms with E-state index in [4.69, 9.17) is 18.6 Å². The summed E-state index contributed by atoms with van der Waals surface area (Å²) >= 11 is 0. The van der Waals surface area contributed by atoms with Crippen LogP contribution in [0.4, 0.5) is 0 Å². The Morgan fingerprint density at radius 3 is 1.84 bits per heavy atom. The second-order valence-corrected chi connectivity index (χ2v) is 17.2. The standard InChI is InChI=1S/C37H52O6Si/c1-28(35(24-25-38)41-27-31-19-21-32(40-7)22-20-31)18-23-36(43-30(3)39)29(2)26-42-44(37(4,5)6,33-14-10-8-11-15-33)34-16-12-9-13-17-34/h8-17,19-22,28-29,35-36,38H,18,23-27H2,1-7H3/t28-,29+,35+,36-/m0/s1. The zero-order valence-corrected chi connectivity index (χ0v) is 28.6. The molecule has 44 heavy (non-hydrogen) atoms. The molecule has 0 saturated heterocycles. The third-order valence-corrected chi connectivity index (χ3v) is 13.5. The minimum Gasteiger partial charge on any atom is -0.497 e. The van der Waals surface area contributed by atoms with Gasteiger partial charge in [0, 0.05) is 26.1 Å². The van der Waals surface area contributed by atoms with Crippen molar-refractivity contribution in [1.82, 2.24) is 0 Å². The first kappa shape index (κ1) is 35.5. The first-order valence-corrected chi connectivity index (χ1v) is 17.7. The summed E-state index contributed by atoms with van der Waals surface area (Å²) in [5.74, 6) is 0.647. The van der Waals surface area contributed by atoms with Crippen LogP contribution in [0.3, 0.4) is 0 Å². The molecule has 0 aliphatic carbocycles. The molecule has 0 aliphatic heterocycles. The van der Waals surface area contributed by atoms with Crippen molar-refractivity contribution in [2.75, 3.05) is 20.3 Å². The van der Waals surface area contributed by atoms with Gasteiger partial charge in [0.2, 0.25) is 0 Å². The smallest absolute Gasteiger partial charge is 0.302 e. The molecule has 1 N–H and O–H groups in total. The molecule has 0 aliphatic rings. The summed E-state index contributed by atoms with van der Waals surface area (Å²) < 4.78 is 24.6. The van der Waals surface area contributed by atoms with Crippen LogP contribution in [0, 0.1) is 11.8 Å². The number of esters is 1. The summed E-state index contributed by atoms with van der Waals surface area (Å²) in [7, 11) is -1.07. The van der Waals surface area contributed by atoms with Gasteiger partial charge in [-0.3, -0.25) is 4.79 Å². The van der Waals surface area contributed by atoms with Gasteiger partial charge in [-0.15, -0.1) is 0 Å². The highest BCUT2D eigenvalue weighted by molar-refractivity contribution is 6.99. The van der Waals surface area contributed by atoms with Gasteiger partial charge >= 0.3 is 5.97 Å². The molecule has 0 radical (unpaired) electrons. The van der Waals surface area contributed by atoms with E-state index in [9.17, 15) is 9.90 Å². The maximum Gasteiger partial charge on any atom is 0.302 e. The van der Waals surface area contributed by atoms with E-state index < -0.39 is 8.32 Å². The van der Waals surface area contributed by atoms with Crippen LogP contribution in [0.15, 0.2) is 84.9 Å². The van der Waals surface area contributed by atoms with Crippen LogP contribution in [-0.2, 0) is 25.3 Å². The summed E-state index contributed by atoms with van der Waals surface area (Å²) in [5.41, 5.74) is 1.05. The number of carbonyl (C=O) groups excluding carboxylic acids is 1. The highest BCUT2D eigenvalue weighted by Crippen LogP contribution is 2.37. The molecule has 3 aromatic carbocycles. The molecule has 6 nitrogen and oxygen atoms in total. The zero-order valence-electron chi connectivity index (χ0n) is 27.6. The lowest BCUT2D eigenvalue weighted by molar-refractivity contribution is -0.150. The number of rotatable bonds is 17. The van der Waals surface area contributed by atoms with Crippen molar-refractivity contribution in [2.24, 2.45) is 11.8 Å². The van der Waals surface area contributed by atoms with E-state index in [0.29, 0.717) is 26.1 Å². The highest BCUT2D eigenvalue weighted by atomic mass is 28.4. The fraction of sp³-hybridized carbons (Fsp3) is 0.486. The number of hydrogen-bond donors (Lipinski definition) is 1. The lowest BCUT2D eigenvalue weighted by Gasteiger charge is -2.44. The van der Waals surface area contributed by atoms with Crippen molar-refractivity contribution in [1.29, 1.82) is 0 Å². The molecule has 240 valence electrons. The van der Waals surface area contributed by atoms with Gasteiger partial charge in [-0.25, -0.2) is 0 Å². The number of aliphatic hydroxyl groups is 1. The summed E-state index contributed by atoms with van der Waals surface area (Å²) in [5, 5.41) is 12.1. The van der Waals surface area contributed by atoms with E-state index in [-0.39, 0.29) is 41.7 Å². The van der Waals surface area contributed by atoms with Crippen molar-refractivity contribution in [2.45, 2.75) is 84.7 Å². The third kappa shape index (κ3) is 9.51. The molecule has 3 aromatic rings. The normalized spacial score (nSPS) is 14.8. The maximum absolute atomic E-state index is 12.2. The summed E-state index contributed by atoms with van der Waals surface area (Å²) in [6, 6.07) is 29.0. The molecule has 7 heteroatoms. The van der Waals surface area contributed by atoms with Gasteiger partial charge in [0.05, 0.1) is 19.8 Å². The summed E-state index contributed by atoms with van der Waals surface area (Å²) in [6.07, 6.45) is 1.59. The Bertz CT molecular complexity index is 1200. The number of aliphatic hydroxyl groups excluding tert-OH is 1. The Labute approximate surface area is 265 Å². The Morgan fingerprint density at radius 2 is 1.36 bits per heavy atom. The quantitative estimate of drug-likeness (QED) is 0.137. The van der Waals surface area contributed by atoms with E-state index in [1.165, 1.54) is 17.3 Å². The third-order valence-electron chi connectivity index (χ3n) is 8.51. The van der Waals surface area contributed by atoms with Gasteiger partial charge in [0.15, 0.2) is 0 Å². The first-order valence-electron chi connectivity index (χ1n) is 15.8. The molecule has 3 rings (SSSR count). The number of benzene rings is 3. The maximum atomic E-state index is 12.2. The predicted molar refractivity (Wildman–Crippen MR) is 180 cm³/mol. The van der Waals surface area contributed by atoms with Crippen LogP contribution < -0.4 is 15.1 Å². The number of hydrogen-bond acceptors (Lipinski definition) is 6. The first-order chi connectivity index (χ1) is 21.0. The van der Waals surface area contributed by atoms with Gasteiger partial charge in [0.1, 0.15) is 11.9 Å². The van der Waals surface area contributed by atoms with E-state index >= 15 is 0 Å². The molecule has 0 aromatic heterocycles. The molecule has 4 atom stereocenters. The molecular formula is C37H52O6Si. The van der Waals surface area contributed by atoms with Crippen molar-refractivity contribution in [3.8, 4) is 5.75 Å². The van der Waals surface area contributed by atoms with Crippen molar-refractivity contribution in [3.05, 3.63) is 90.5 Å². The lowest BCUT2D eigenvalue weighted by Crippen LogP contribution is -2.67. The Hall–Kier alpha value is -2.97. The van der Waals surface area contributed by atoms with E-state index in [2.05, 4.69) is 83.1 Å². The molecule has 0 spiro atoms. The van der Waals surface area contributed by atoms with Gasteiger partial charge in [-0.2, -0.15) is 0 Å². The SMILES string of the molecule is COc1ccc(CO[C@H](CCO)[C@@H](C)CC[C@H](OC(C)=O)[C@H](C)CO[Si](c2ccccc2)(c2ccccc2)C(C)(C)C)cc1. The van der Waals surface area contributed by atoms with E-state index in [0.717, 1.165) is 17.7 Å². The van der Waals surface area contributed by atoms with Gasteiger partial charge < -0.3 is 23.7 Å². The molecule has 0 bridgehead atoms. The molecule has 0 saturated carbocycles. The Morgan fingerprint density at radius 1 is 0.795 bits per heavy atom. The molecule has 0 heterocycles. The summed E-state index contributed by atoms with van der Waals surface area (Å²) in [6.45, 7) is 13.5. The van der Waals surface area contributed by atoms with Crippen LogP contribution in [0.1, 0.15) is 66.4 Å². The Balaban J connectivity index is 1.74.